The van der Waals surface area contributed by atoms with Crippen LogP contribution in [0.4, 0.5) is 5.82 Å². The molecule has 0 saturated carbocycles. The molecule has 7 heteroatoms. The van der Waals surface area contributed by atoms with Crippen LogP contribution in [0.3, 0.4) is 0 Å². The first-order valence-electron chi connectivity index (χ1n) is 6.31. The van der Waals surface area contributed by atoms with E-state index in [9.17, 15) is 9.59 Å². The zero-order valence-electron chi connectivity index (χ0n) is 11.2. The van der Waals surface area contributed by atoms with E-state index in [0.717, 1.165) is 0 Å². The van der Waals surface area contributed by atoms with E-state index in [2.05, 4.69) is 10.3 Å². The number of hydrogen-bond acceptors (Lipinski definition) is 5. The highest BCUT2D eigenvalue weighted by Gasteiger charge is 2.08. The maximum Gasteiger partial charge on any atom is 0.336 e. The van der Waals surface area contributed by atoms with Gasteiger partial charge in [0, 0.05) is 11.9 Å². The highest BCUT2D eigenvalue weighted by Crippen LogP contribution is 2.19. The summed E-state index contributed by atoms with van der Waals surface area (Å²) in [5.41, 5.74) is 5.76. The molecule has 1 heterocycles. The molecule has 1 amide bonds. The minimum absolute atomic E-state index is 0.116. The van der Waals surface area contributed by atoms with Gasteiger partial charge in [0.05, 0.1) is 17.7 Å². The van der Waals surface area contributed by atoms with Crippen molar-refractivity contribution in [3.05, 3.63) is 35.9 Å². The van der Waals surface area contributed by atoms with Gasteiger partial charge in [-0.1, -0.05) is 6.07 Å². The molecule has 0 bridgehead atoms. The fourth-order valence-corrected chi connectivity index (χ4v) is 1.86. The van der Waals surface area contributed by atoms with Gasteiger partial charge in [-0.2, -0.15) is 0 Å². The number of aromatic nitrogens is 1. The number of primary amides is 1. The number of amides is 1. The average Bonchev–Trinajstić information content (AvgIpc) is 2.45. The van der Waals surface area contributed by atoms with Gasteiger partial charge in [0.1, 0.15) is 12.4 Å². The quantitative estimate of drug-likeness (QED) is 0.651. The molecular weight excluding hydrogens is 274 g/mol. The molecule has 2 rings (SSSR count). The molecule has 0 aliphatic carbocycles. The van der Waals surface area contributed by atoms with Crippen molar-refractivity contribution < 1.29 is 19.4 Å². The number of anilines is 1. The molecule has 1 aromatic carbocycles. The monoisotopic (exact) mass is 289 g/mol. The van der Waals surface area contributed by atoms with Crippen LogP contribution < -0.4 is 11.1 Å². The second-order valence-corrected chi connectivity index (χ2v) is 4.32. The van der Waals surface area contributed by atoms with Crippen LogP contribution in [0.15, 0.2) is 30.3 Å². The number of nitrogens with two attached hydrogens (primary N) is 1. The first-order chi connectivity index (χ1) is 10.1. The lowest BCUT2D eigenvalue weighted by Crippen LogP contribution is -2.20. The van der Waals surface area contributed by atoms with E-state index in [1.807, 2.05) is 0 Å². The molecule has 0 aliphatic rings. The first-order valence-corrected chi connectivity index (χ1v) is 6.31. The molecule has 2 aromatic rings. The van der Waals surface area contributed by atoms with Gasteiger partial charge in [-0.25, -0.2) is 9.78 Å². The zero-order chi connectivity index (χ0) is 15.2. The van der Waals surface area contributed by atoms with Gasteiger partial charge < -0.3 is 20.9 Å². The second kappa shape index (κ2) is 6.67. The van der Waals surface area contributed by atoms with E-state index >= 15 is 0 Å². The Kier molecular flexibility index (Phi) is 4.68. The summed E-state index contributed by atoms with van der Waals surface area (Å²) in [4.78, 5) is 25.9. The van der Waals surface area contributed by atoms with Crippen molar-refractivity contribution in [1.29, 1.82) is 0 Å². The van der Waals surface area contributed by atoms with Gasteiger partial charge in [0.25, 0.3) is 0 Å². The minimum Gasteiger partial charge on any atom is -0.478 e. The van der Waals surface area contributed by atoms with Crippen molar-refractivity contribution in [2.45, 2.75) is 0 Å². The normalized spacial score (nSPS) is 10.5. The predicted molar refractivity (Wildman–Crippen MR) is 77.2 cm³/mol. The Hall–Kier alpha value is -2.67. The van der Waals surface area contributed by atoms with Gasteiger partial charge in [-0.15, -0.1) is 0 Å². The lowest BCUT2D eigenvalue weighted by Gasteiger charge is -2.08. The third kappa shape index (κ3) is 3.90. The number of carboxylic acid groups (broad SMARTS) is 1. The van der Waals surface area contributed by atoms with Crippen molar-refractivity contribution in [2.24, 2.45) is 5.73 Å². The highest BCUT2D eigenvalue weighted by molar-refractivity contribution is 6.02. The molecule has 21 heavy (non-hydrogen) atoms. The SMILES string of the molecule is NC(=O)COCCNc1ccc2c(C(=O)O)cccc2n1. The molecule has 0 saturated heterocycles. The molecule has 0 spiro atoms. The molecule has 4 N–H and O–H groups in total. The summed E-state index contributed by atoms with van der Waals surface area (Å²) in [7, 11) is 0. The van der Waals surface area contributed by atoms with Crippen molar-refractivity contribution in [3.8, 4) is 0 Å². The van der Waals surface area contributed by atoms with E-state index in [0.29, 0.717) is 29.9 Å². The van der Waals surface area contributed by atoms with E-state index in [1.54, 1.807) is 24.3 Å². The van der Waals surface area contributed by atoms with Crippen LogP contribution in [0.2, 0.25) is 0 Å². The second-order valence-electron chi connectivity index (χ2n) is 4.32. The smallest absolute Gasteiger partial charge is 0.336 e. The molecule has 0 atom stereocenters. The number of benzene rings is 1. The minimum atomic E-state index is -0.983. The Bertz CT molecular complexity index is 672. The van der Waals surface area contributed by atoms with Crippen molar-refractivity contribution in [3.63, 3.8) is 0 Å². The van der Waals surface area contributed by atoms with Crippen LogP contribution in [0.1, 0.15) is 10.4 Å². The summed E-state index contributed by atoms with van der Waals surface area (Å²) in [6.45, 7) is 0.664. The van der Waals surface area contributed by atoms with Crippen molar-refractivity contribution >= 4 is 28.6 Å². The molecular formula is C14H15N3O4. The van der Waals surface area contributed by atoms with Crippen LogP contribution in [-0.2, 0) is 9.53 Å². The Labute approximate surface area is 120 Å². The molecule has 0 aliphatic heterocycles. The average molecular weight is 289 g/mol. The van der Waals surface area contributed by atoms with Gasteiger partial charge >= 0.3 is 5.97 Å². The van der Waals surface area contributed by atoms with Gasteiger partial charge in [0.15, 0.2) is 0 Å². The Morgan fingerprint density at radius 3 is 2.81 bits per heavy atom. The number of fused-ring (bicyclic) bond motifs is 1. The number of ether oxygens (including phenoxy) is 1. The third-order valence-corrected chi connectivity index (χ3v) is 2.76. The number of nitrogens with one attached hydrogen (secondary N) is 1. The number of hydrogen-bond donors (Lipinski definition) is 3. The molecule has 0 unspecified atom stereocenters. The lowest BCUT2D eigenvalue weighted by molar-refractivity contribution is -0.122. The van der Waals surface area contributed by atoms with Crippen LogP contribution in [0.5, 0.6) is 0 Å². The van der Waals surface area contributed by atoms with E-state index in [1.165, 1.54) is 6.07 Å². The number of carbonyl (C=O) groups is 2. The van der Waals surface area contributed by atoms with Crippen LogP contribution in [0.25, 0.3) is 10.9 Å². The summed E-state index contributed by atoms with van der Waals surface area (Å²) in [6.07, 6.45) is 0. The zero-order valence-corrected chi connectivity index (χ0v) is 11.2. The van der Waals surface area contributed by atoms with Crippen LogP contribution in [-0.4, -0.2) is 41.7 Å². The molecule has 0 radical (unpaired) electrons. The number of carboxylic acids is 1. The number of rotatable bonds is 7. The summed E-state index contributed by atoms with van der Waals surface area (Å²) < 4.78 is 5.01. The van der Waals surface area contributed by atoms with Gasteiger partial charge in [-0.3, -0.25) is 4.79 Å². The van der Waals surface area contributed by atoms with E-state index < -0.39 is 11.9 Å². The summed E-state index contributed by atoms with van der Waals surface area (Å²) in [6, 6.07) is 8.34. The molecule has 7 nitrogen and oxygen atoms in total. The maximum atomic E-state index is 11.1. The van der Waals surface area contributed by atoms with Gasteiger partial charge in [-0.05, 0) is 24.3 Å². The topological polar surface area (TPSA) is 115 Å². The van der Waals surface area contributed by atoms with Gasteiger partial charge in [0.2, 0.25) is 5.91 Å². The summed E-state index contributed by atoms with van der Waals surface area (Å²) in [5.74, 6) is -0.893. The predicted octanol–water partition coefficient (Wildman–Crippen LogP) is 0.847. The summed E-state index contributed by atoms with van der Waals surface area (Å²) >= 11 is 0. The summed E-state index contributed by atoms with van der Waals surface area (Å²) in [5, 5.41) is 12.7. The number of nitrogens with zero attached hydrogens (tertiary/aromatic N) is 1. The van der Waals surface area contributed by atoms with Crippen LogP contribution >= 0.6 is 0 Å². The lowest BCUT2D eigenvalue weighted by atomic mass is 10.1. The fraction of sp³-hybridized carbons (Fsp3) is 0.214. The Morgan fingerprint density at radius 2 is 2.10 bits per heavy atom. The molecule has 1 aromatic heterocycles. The number of aromatic carboxylic acids is 1. The van der Waals surface area contributed by atoms with Crippen LogP contribution in [0, 0.1) is 0 Å². The Balaban J connectivity index is 2.03. The van der Waals surface area contributed by atoms with E-state index in [-0.39, 0.29) is 12.2 Å². The maximum absolute atomic E-state index is 11.1. The molecule has 110 valence electrons. The largest absolute Gasteiger partial charge is 0.478 e. The number of pyridine rings is 1. The Morgan fingerprint density at radius 1 is 1.29 bits per heavy atom. The first kappa shape index (κ1) is 14.7. The highest BCUT2D eigenvalue weighted by atomic mass is 16.5. The fourth-order valence-electron chi connectivity index (χ4n) is 1.86. The molecule has 0 fully saturated rings. The van der Waals surface area contributed by atoms with Crippen molar-refractivity contribution in [1.82, 2.24) is 4.98 Å². The third-order valence-electron chi connectivity index (χ3n) is 2.76. The standard InChI is InChI=1S/C14H15N3O4/c15-12(18)8-21-7-6-16-13-5-4-9-10(14(19)20)2-1-3-11(9)17-13/h1-5H,6-8H2,(H2,15,18)(H,16,17)(H,19,20). The van der Waals surface area contributed by atoms with Crippen molar-refractivity contribution in [2.75, 3.05) is 25.1 Å². The van der Waals surface area contributed by atoms with E-state index in [4.69, 9.17) is 15.6 Å². The number of carbonyl (C=O) groups excluding carboxylic acids is 1.